The second-order valence-corrected chi connectivity index (χ2v) is 3.98. The summed E-state index contributed by atoms with van der Waals surface area (Å²) in [7, 11) is 0. The number of nitrogens with zero attached hydrogens (tertiary/aromatic N) is 1. The molecule has 1 N–H and O–H groups in total. The Labute approximate surface area is 104 Å². The van der Waals surface area contributed by atoms with Crippen molar-refractivity contribution in [1.29, 1.82) is 0 Å². The molecule has 1 heterocycles. The summed E-state index contributed by atoms with van der Waals surface area (Å²) in [5.41, 5.74) is 0.814. The van der Waals surface area contributed by atoms with Crippen molar-refractivity contribution in [3.05, 3.63) is 41.6 Å². The van der Waals surface area contributed by atoms with Crippen molar-refractivity contribution < 1.29 is 13.3 Å². The number of hydrogen-bond donors (Lipinski definition) is 1. The Morgan fingerprint density at radius 2 is 2.17 bits per heavy atom. The Hall–Kier alpha value is -1.75. The minimum atomic E-state index is -0.523. The zero-order chi connectivity index (χ0) is 13.0. The van der Waals surface area contributed by atoms with Gasteiger partial charge in [0.1, 0.15) is 11.6 Å². The molecular formula is C13H14F2N2O. The molecule has 2 aromatic rings. The van der Waals surface area contributed by atoms with Gasteiger partial charge in [0.2, 0.25) is 0 Å². The smallest absolute Gasteiger partial charge is 0.174 e. The van der Waals surface area contributed by atoms with E-state index in [0.29, 0.717) is 12.1 Å². The van der Waals surface area contributed by atoms with Crippen LogP contribution in [0, 0.1) is 11.6 Å². The summed E-state index contributed by atoms with van der Waals surface area (Å²) in [5.74, 6) is -0.754. The van der Waals surface area contributed by atoms with Gasteiger partial charge in [0, 0.05) is 12.1 Å². The minimum absolute atomic E-state index is 0.0980. The Balaban J connectivity index is 2.27. The van der Waals surface area contributed by atoms with Crippen LogP contribution in [0.2, 0.25) is 0 Å². The predicted octanol–water partition coefficient (Wildman–Crippen LogP) is 3.12. The Kier molecular flexibility index (Phi) is 4.04. The van der Waals surface area contributed by atoms with Crippen LogP contribution in [0.15, 0.2) is 28.9 Å². The van der Waals surface area contributed by atoms with E-state index in [0.717, 1.165) is 31.2 Å². The van der Waals surface area contributed by atoms with Gasteiger partial charge in [0.15, 0.2) is 5.76 Å². The molecule has 0 amide bonds. The van der Waals surface area contributed by atoms with E-state index >= 15 is 0 Å². The first-order chi connectivity index (χ1) is 8.72. The van der Waals surface area contributed by atoms with Crippen molar-refractivity contribution in [2.24, 2.45) is 0 Å². The van der Waals surface area contributed by atoms with Crippen molar-refractivity contribution in [3.63, 3.8) is 0 Å². The second-order valence-electron chi connectivity index (χ2n) is 3.98. The number of halogens is 2. The second kappa shape index (κ2) is 5.73. The molecule has 0 fully saturated rings. The third-order valence-electron chi connectivity index (χ3n) is 2.56. The maximum absolute atomic E-state index is 13.6. The van der Waals surface area contributed by atoms with Crippen LogP contribution in [0.25, 0.3) is 11.3 Å². The average molecular weight is 252 g/mol. The topological polar surface area (TPSA) is 38.1 Å². The van der Waals surface area contributed by atoms with Crippen LogP contribution in [0.1, 0.15) is 18.9 Å². The summed E-state index contributed by atoms with van der Waals surface area (Å²) >= 11 is 0. The zero-order valence-corrected chi connectivity index (χ0v) is 10.0. The molecule has 0 aliphatic heterocycles. The van der Waals surface area contributed by atoms with Crippen LogP contribution >= 0.6 is 0 Å². The Morgan fingerprint density at radius 3 is 2.94 bits per heavy atom. The van der Waals surface area contributed by atoms with E-state index in [1.54, 1.807) is 0 Å². The minimum Gasteiger partial charge on any atom is -0.356 e. The maximum atomic E-state index is 13.6. The molecule has 5 heteroatoms. The largest absolute Gasteiger partial charge is 0.356 e. The Bertz CT molecular complexity index is 525. The van der Waals surface area contributed by atoms with E-state index in [1.165, 1.54) is 6.20 Å². The van der Waals surface area contributed by atoms with Gasteiger partial charge in [-0.05, 0) is 31.2 Å². The van der Waals surface area contributed by atoms with E-state index in [-0.39, 0.29) is 11.3 Å². The highest BCUT2D eigenvalue weighted by molar-refractivity contribution is 5.61. The van der Waals surface area contributed by atoms with Gasteiger partial charge in [-0.25, -0.2) is 8.78 Å². The molecule has 0 unspecified atom stereocenters. The number of rotatable bonds is 5. The fourth-order valence-electron chi connectivity index (χ4n) is 1.68. The predicted molar refractivity (Wildman–Crippen MR) is 63.9 cm³/mol. The lowest BCUT2D eigenvalue weighted by Gasteiger charge is -2.04. The lowest BCUT2D eigenvalue weighted by molar-refractivity contribution is 0.428. The van der Waals surface area contributed by atoms with Gasteiger partial charge in [-0.2, -0.15) is 0 Å². The van der Waals surface area contributed by atoms with Crippen molar-refractivity contribution >= 4 is 0 Å². The quantitative estimate of drug-likeness (QED) is 0.831. The molecule has 3 nitrogen and oxygen atoms in total. The molecule has 96 valence electrons. The van der Waals surface area contributed by atoms with Crippen molar-refractivity contribution in [1.82, 2.24) is 10.5 Å². The standard InChI is InChI=1S/C13H14F2N2O/c1-2-5-16-7-9-8-17-18-13(9)11-6-10(14)3-4-12(11)15/h3-4,6,8,16H,2,5,7H2,1H3. The van der Waals surface area contributed by atoms with Crippen LogP contribution < -0.4 is 5.32 Å². The lowest BCUT2D eigenvalue weighted by atomic mass is 10.1. The van der Waals surface area contributed by atoms with Crippen molar-refractivity contribution in [2.75, 3.05) is 6.54 Å². The number of hydrogen-bond acceptors (Lipinski definition) is 3. The molecule has 0 aliphatic rings. The first-order valence-corrected chi connectivity index (χ1v) is 5.82. The summed E-state index contributed by atoms with van der Waals surface area (Å²) in [6.07, 6.45) is 2.51. The van der Waals surface area contributed by atoms with E-state index < -0.39 is 11.6 Å². The molecule has 1 aromatic heterocycles. The lowest BCUT2D eigenvalue weighted by Crippen LogP contribution is -2.13. The molecule has 1 aromatic carbocycles. The number of aromatic nitrogens is 1. The van der Waals surface area contributed by atoms with Gasteiger partial charge < -0.3 is 9.84 Å². The average Bonchev–Trinajstić information content (AvgIpc) is 2.81. The van der Waals surface area contributed by atoms with Gasteiger partial charge in [-0.15, -0.1) is 0 Å². The summed E-state index contributed by atoms with van der Waals surface area (Å²) in [5, 5.41) is 6.81. The van der Waals surface area contributed by atoms with Crippen molar-refractivity contribution in [3.8, 4) is 11.3 Å². The first kappa shape index (κ1) is 12.7. The van der Waals surface area contributed by atoms with Gasteiger partial charge in [0.25, 0.3) is 0 Å². The zero-order valence-electron chi connectivity index (χ0n) is 10.0. The molecule has 0 spiro atoms. The van der Waals surface area contributed by atoms with E-state index in [4.69, 9.17) is 4.52 Å². The summed E-state index contributed by atoms with van der Waals surface area (Å²) in [6, 6.07) is 3.26. The number of nitrogens with one attached hydrogen (secondary N) is 1. The molecule has 0 bridgehead atoms. The molecule has 0 radical (unpaired) electrons. The fraction of sp³-hybridized carbons (Fsp3) is 0.308. The molecule has 2 rings (SSSR count). The third kappa shape index (κ3) is 2.73. The first-order valence-electron chi connectivity index (χ1n) is 5.82. The molecule has 0 saturated carbocycles. The highest BCUT2D eigenvalue weighted by Gasteiger charge is 2.15. The van der Waals surface area contributed by atoms with Crippen LogP contribution in [0.5, 0.6) is 0 Å². The van der Waals surface area contributed by atoms with Gasteiger partial charge in [-0.3, -0.25) is 0 Å². The van der Waals surface area contributed by atoms with Crippen LogP contribution in [-0.2, 0) is 6.54 Å². The SMILES string of the molecule is CCCNCc1cnoc1-c1cc(F)ccc1F. The van der Waals surface area contributed by atoms with Crippen LogP contribution in [0.3, 0.4) is 0 Å². The van der Waals surface area contributed by atoms with E-state index in [2.05, 4.69) is 10.5 Å². The van der Waals surface area contributed by atoms with Gasteiger partial charge >= 0.3 is 0 Å². The molecule has 0 saturated heterocycles. The molecule has 18 heavy (non-hydrogen) atoms. The molecule has 0 aliphatic carbocycles. The number of benzene rings is 1. The Morgan fingerprint density at radius 1 is 1.33 bits per heavy atom. The highest BCUT2D eigenvalue weighted by Crippen LogP contribution is 2.26. The summed E-state index contributed by atoms with van der Waals surface area (Å²) in [4.78, 5) is 0. The molecular weight excluding hydrogens is 238 g/mol. The molecule has 0 atom stereocenters. The van der Waals surface area contributed by atoms with E-state index in [1.807, 2.05) is 6.92 Å². The highest BCUT2D eigenvalue weighted by atomic mass is 19.1. The van der Waals surface area contributed by atoms with Gasteiger partial charge in [0.05, 0.1) is 11.8 Å². The summed E-state index contributed by atoms with van der Waals surface area (Å²) < 4.78 is 31.8. The van der Waals surface area contributed by atoms with E-state index in [9.17, 15) is 8.78 Å². The fourth-order valence-corrected chi connectivity index (χ4v) is 1.68. The third-order valence-corrected chi connectivity index (χ3v) is 2.56. The van der Waals surface area contributed by atoms with Crippen LogP contribution in [0.4, 0.5) is 8.78 Å². The van der Waals surface area contributed by atoms with Crippen molar-refractivity contribution in [2.45, 2.75) is 19.9 Å². The van der Waals surface area contributed by atoms with Gasteiger partial charge in [-0.1, -0.05) is 12.1 Å². The normalized spacial score (nSPS) is 10.8. The maximum Gasteiger partial charge on any atom is 0.174 e. The van der Waals surface area contributed by atoms with Crippen LogP contribution in [-0.4, -0.2) is 11.7 Å². The monoisotopic (exact) mass is 252 g/mol. The summed E-state index contributed by atoms with van der Waals surface area (Å²) in [6.45, 7) is 3.41.